The number of nitrogens with zero attached hydrogens (tertiary/aromatic N) is 3. The van der Waals surface area contributed by atoms with Gasteiger partial charge in [-0.15, -0.1) is 0 Å². The van der Waals surface area contributed by atoms with Crippen molar-refractivity contribution in [3.8, 4) is 11.9 Å². The fourth-order valence-corrected chi connectivity index (χ4v) is 0.429. The van der Waals surface area contributed by atoms with Gasteiger partial charge >= 0.3 is 0 Å². The summed E-state index contributed by atoms with van der Waals surface area (Å²) in [6.07, 6.45) is 0.670. The first-order valence-electron chi connectivity index (χ1n) is 2.33. The second-order valence-electron chi connectivity index (χ2n) is 1.46. The van der Waals surface area contributed by atoms with Gasteiger partial charge in [0, 0.05) is 5.88 Å². The number of aromatic nitrogens is 2. The Hall–Kier alpha value is -1.70. The minimum atomic E-state index is -0.920. The first-order valence-corrected chi connectivity index (χ1v) is 2.33. The molecule has 0 unspecified atom stereocenters. The number of hydrogen-bond donors (Lipinski definition) is 0. The average Bonchev–Trinajstić information content (AvgIpc) is 1.94. The van der Waals surface area contributed by atoms with Gasteiger partial charge in [-0.3, -0.25) is 4.98 Å². The Morgan fingerprint density at radius 3 is 2.90 bits per heavy atom. The third-order valence-electron chi connectivity index (χ3n) is 0.815. The zero-order valence-electron chi connectivity index (χ0n) is 4.71. The van der Waals surface area contributed by atoms with Crippen LogP contribution < -0.4 is 5.11 Å². The molecule has 0 fully saturated rings. The molecule has 0 aliphatic carbocycles. The van der Waals surface area contributed by atoms with Crippen molar-refractivity contribution < 1.29 is 9.50 Å². The van der Waals surface area contributed by atoms with Gasteiger partial charge in [0.05, 0.1) is 6.20 Å². The van der Waals surface area contributed by atoms with Crippen molar-refractivity contribution in [1.82, 2.24) is 9.97 Å². The van der Waals surface area contributed by atoms with Crippen LogP contribution >= 0.6 is 0 Å². The molecule has 0 aliphatic rings. The van der Waals surface area contributed by atoms with Gasteiger partial charge in [-0.25, -0.2) is 4.98 Å². The standard InChI is InChI=1S/C5H2FN3O/c6-4-2-8-5(10)3(1-7)9-4/h2H,(H,8,10)/p-1. The van der Waals surface area contributed by atoms with E-state index in [0.717, 1.165) is 0 Å². The second kappa shape index (κ2) is 2.27. The lowest BCUT2D eigenvalue weighted by molar-refractivity contribution is -0.276. The fourth-order valence-electron chi connectivity index (χ4n) is 0.429. The van der Waals surface area contributed by atoms with Crippen LogP contribution in [0.15, 0.2) is 6.20 Å². The van der Waals surface area contributed by atoms with Gasteiger partial charge in [0.2, 0.25) is 5.95 Å². The SMILES string of the molecule is N#Cc1nc(F)cnc1[O-]. The Balaban J connectivity index is 3.25. The summed E-state index contributed by atoms with van der Waals surface area (Å²) >= 11 is 0. The lowest BCUT2D eigenvalue weighted by Crippen LogP contribution is -2.01. The Morgan fingerprint density at radius 2 is 2.40 bits per heavy atom. The molecular weight excluding hydrogens is 137 g/mol. The third kappa shape index (κ3) is 1.00. The summed E-state index contributed by atoms with van der Waals surface area (Å²) in [5, 5.41) is 18.6. The lowest BCUT2D eigenvalue weighted by Gasteiger charge is -2.02. The summed E-state index contributed by atoms with van der Waals surface area (Å²) < 4.78 is 12.1. The van der Waals surface area contributed by atoms with E-state index in [2.05, 4.69) is 9.97 Å². The Kier molecular flexibility index (Phi) is 1.46. The minimum absolute atomic E-state index is 0.514. The quantitative estimate of drug-likeness (QED) is 0.487. The van der Waals surface area contributed by atoms with Crippen LogP contribution in [0, 0.1) is 17.3 Å². The van der Waals surface area contributed by atoms with Gasteiger partial charge in [-0.2, -0.15) is 9.65 Å². The van der Waals surface area contributed by atoms with E-state index in [1.807, 2.05) is 0 Å². The molecule has 1 aromatic heterocycles. The molecule has 5 heteroatoms. The molecule has 0 amide bonds. The summed E-state index contributed by atoms with van der Waals surface area (Å²) in [5.74, 6) is -1.72. The van der Waals surface area contributed by atoms with Crippen LogP contribution in [0.1, 0.15) is 5.69 Å². The average molecular weight is 138 g/mol. The Morgan fingerprint density at radius 1 is 1.70 bits per heavy atom. The zero-order chi connectivity index (χ0) is 7.56. The predicted octanol–water partition coefficient (Wildman–Crippen LogP) is -0.439. The van der Waals surface area contributed by atoms with E-state index in [4.69, 9.17) is 5.26 Å². The first-order chi connectivity index (χ1) is 4.74. The fraction of sp³-hybridized carbons (Fsp3) is 0. The highest BCUT2D eigenvalue weighted by molar-refractivity contribution is 5.27. The number of halogens is 1. The van der Waals surface area contributed by atoms with Crippen molar-refractivity contribution in [2.24, 2.45) is 0 Å². The van der Waals surface area contributed by atoms with Crippen molar-refractivity contribution >= 4 is 0 Å². The van der Waals surface area contributed by atoms with E-state index < -0.39 is 17.5 Å². The molecule has 1 heterocycles. The smallest absolute Gasteiger partial charge is 0.232 e. The molecule has 4 nitrogen and oxygen atoms in total. The molecule has 1 rings (SSSR count). The largest absolute Gasteiger partial charge is 0.857 e. The zero-order valence-corrected chi connectivity index (χ0v) is 4.71. The van der Waals surface area contributed by atoms with Gasteiger partial charge in [0.1, 0.15) is 6.07 Å². The van der Waals surface area contributed by atoms with Gasteiger partial charge < -0.3 is 5.11 Å². The molecule has 0 radical (unpaired) electrons. The monoisotopic (exact) mass is 138 g/mol. The summed E-state index contributed by atoms with van der Waals surface area (Å²) in [5.41, 5.74) is -0.514. The summed E-state index contributed by atoms with van der Waals surface area (Å²) in [6.45, 7) is 0. The minimum Gasteiger partial charge on any atom is -0.857 e. The highest BCUT2D eigenvalue weighted by Gasteiger charge is 1.96. The molecule has 0 spiro atoms. The highest BCUT2D eigenvalue weighted by Crippen LogP contribution is 2.03. The van der Waals surface area contributed by atoms with Crippen molar-refractivity contribution in [2.45, 2.75) is 0 Å². The lowest BCUT2D eigenvalue weighted by atomic mass is 10.5. The molecule has 50 valence electrons. The van der Waals surface area contributed by atoms with Crippen LogP contribution in [0.3, 0.4) is 0 Å². The van der Waals surface area contributed by atoms with Gasteiger partial charge in [-0.05, 0) is 0 Å². The van der Waals surface area contributed by atoms with Gasteiger partial charge in [-0.1, -0.05) is 0 Å². The van der Waals surface area contributed by atoms with Crippen LogP contribution in [0.4, 0.5) is 4.39 Å². The van der Waals surface area contributed by atoms with E-state index in [1.165, 1.54) is 6.07 Å². The molecular formula is C5HFN3O-. The normalized spacial score (nSPS) is 8.80. The number of rotatable bonds is 0. The second-order valence-corrected chi connectivity index (χ2v) is 1.46. The van der Waals surface area contributed by atoms with E-state index in [-0.39, 0.29) is 0 Å². The van der Waals surface area contributed by atoms with Crippen LogP contribution in [-0.4, -0.2) is 9.97 Å². The molecule has 0 aliphatic heterocycles. The van der Waals surface area contributed by atoms with Crippen LogP contribution in [0.5, 0.6) is 5.88 Å². The maximum atomic E-state index is 12.1. The summed E-state index contributed by atoms with van der Waals surface area (Å²) in [4.78, 5) is 6.02. The molecule has 0 N–H and O–H groups in total. The molecule has 0 saturated carbocycles. The van der Waals surface area contributed by atoms with E-state index in [9.17, 15) is 9.50 Å². The molecule has 1 aromatic rings. The molecule has 0 aromatic carbocycles. The van der Waals surface area contributed by atoms with Crippen molar-refractivity contribution in [3.63, 3.8) is 0 Å². The number of nitriles is 1. The first kappa shape index (κ1) is 6.42. The summed E-state index contributed by atoms with van der Waals surface area (Å²) in [7, 11) is 0. The van der Waals surface area contributed by atoms with E-state index >= 15 is 0 Å². The van der Waals surface area contributed by atoms with Crippen molar-refractivity contribution in [2.75, 3.05) is 0 Å². The molecule has 10 heavy (non-hydrogen) atoms. The van der Waals surface area contributed by atoms with Crippen LogP contribution in [0.25, 0.3) is 0 Å². The van der Waals surface area contributed by atoms with Gasteiger partial charge in [0.25, 0.3) is 0 Å². The Bertz CT molecular complexity index is 293. The highest BCUT2D eigenvalue weighted by atomic mass is 19.1. The van der Waals surface area contributed by atoms with E-state index in [1.54, 1.807) is 0 Å². The van der Waals surface area contributed by atoms with Crippen molar-refractivity contribution in [1.29, 1.82) is 5.26 Å². The predicted molar refractivity (Wildman–Crippen MR) is 26.2 cm³/mol. The van der Waals surface area contributed by atoms with E-state index in [0.29, 0.717) is 6.20 Å². The maximum Gasteiger partial charge on any atom is 0.232 e. The Labute approximate surface area is 55.6 Å². The topological polar surface area (TPSA) is 72.6 Å². The molecule has 0 saturated heterocycles. The maximum absolute atomic E-state index is 12.1. The number of hydrogen-bond acceptors (Lipinski definition) is 4. The van der Waals surface area contributed by atoms with Crippen LogP contribution in [0.2, 0.25) is 0 Å². The molecule has 0 atom stereocenters. The summed E-state index contributed by atoms with van der Waals surface area (Å²) in [6, 6.07) is 1.41. The third-order valence-corrected chi connectivity index (χ3v) is 0.815. The van der Waals surface area contributed by atoms with Crippen LogP contribution in [-0.2, 0) is 0 Å². The molecule has 0 bridgehead atoms. The van der Waals surface area contributed by atoms with Gasteiger partial charge in [0.15, 0.2) is 5.69 Å². The van der Waals surface area contributed by atoms with Crippen molar-refractivity contribution in [3.05, 3.63) is 17.8 Å².